The van der Waals surface area contributed by atoms with E-state index in [-0.39, 0.29) is 24.9 Å². The van der Waals surface area contributed by atoms with Gasteiger partial charge in [0, 0.05) is 19.5 Å². The number of esters is 1. The average Bonchev–Trinajstić information content (AvgIpc) is 2.73. The zero-order valence-electron chi connectivity index (χ0n) is 15.4. The van der Waals surface area contributed by atoms with Crippen molar-refractivity contribution in [2.75, 3.05) is 26.3 Å². The average molecular weight is 367 g/mol. The summed E-state index contributed by atoms with van der Waals surface area (Å²) in [4.78, 5) is 27.1. The van der Waals surface area contributed by atoms with Crippen molar-refractivity contribution in [1.29, 1.82) is 0 Å². The minimum Gasteiger partial charge on any atom is -0.461 e. The zero-order chi connectivity index (χ0) is 18.9. The van der Waals surface area contributed by atoms with E-state index in [1.54, 1.807) is 4.90 Å². The van der Waals surface area contributed by atoms with Gasteiger partial charge in [0.15, 0.2) is 0 Å². The third-order valence-electron chi connectivity index (χ3n) is 4.67. The van der Waals surface area contributed by atoms with Crippen molar-refractivity contribution in [2.24, 2.45) is 5.92 Å². The SMILES string of the molecule is O=C(OCc1ccccc1)[C@@H](CC(=O)N1CCOCC1)Cc1ccccc1. The molecule has 0 spiro atoms. The fourth-order valence-corrected chi connectivity index (χ4v) is 3.14. The second kappa shape index (κ2) is 9.88. The van der Waals surface area contributed by atoms with Crippen LogP contribution in [0.5, 0.6) is 0 Å². The molecule has 1 aliphatic heterocycles. The molecule has 1 amide bonds. The largest absolute Gasteiger partial charge is 0.461 e. The van der Waals surface area contributed by atoms with E-state index in [4.69, 9.17) is 9.47 Å². The van der Waals surface area contributed by atoms with Gasteiger partial charge in [-0.05, 0) is 17.5 Å². The van der Waals surface area contributed by atoms with Crippen molar-refractivity contribution in [3.8, 4) is 0 Å². The Morgan fingerprint density at radius 3 is 2.15 bits per heavy atom. The smallest absolute Gasteiger partial charge is 0.310 e. The van der Waals surface area contributed by atoms with Gasteiger partial charge >= 0.3 is 5.97 Å². The van der Waals surface area contributed by atoms with Gasteiger partial charge in [0.25, 0.3) is 0 Å². The van der Waals surface area contributed by atoms with E-state index in [2.05, 4.69) is 0 Å². The third kappa shape index (κ3) is 5.93. The van der Waals surface area contributed by atoms with E-state index in [0.717, 1.165) is 11.1 Å². The summed E-state index contributed by atoms with van der Waals surface area (Å²) in [5.74, 6) is -0.841. The van der Waals surface area contributed by atoms with E-state index in [0.29, 0.717) is 32.7 Å². The summed E-state index contributed by atoms with van der Waals surface area (Å²) in [5.41, 5.74) is 1.96. The molecule has 0 N–H and O–H groups in total. The number of amides is 1. The monoisotopic (exact) mass is 367 g/mol. The van der Waals surface area contributed by atoms with E-state index < -0.39 is 5.92 Å². The molecule has 2 aromatic carbocycles. The van der Waals surface area contributed by atoms with Gasteiger partial charge in [-0.3, -0.25) is 9.59 Å². The standard InChI is InChI=1S/C22H25NO4/c24-21(23-11-13-26-14-12-23)16-20(15-18-7-3-1-4-8-18)22(25)27-17-19-9-5-2-6-10-19/h1-10,20H,11-17H2/t20-/m1/s1. The normalized spacial score (nSPS) is 15.2. The lowest BCUT2D eigenvalue weighted by Crippen LogP contribution is -2.42. The first-order valence-corrected chi connectivity index (χ1v) is 9.32. The van der Waals surface area contributed by atoms with Crippen LogP contribution in [0.4, 0.5) is 0 Å². The molecule has 2 aromatic rings. The van der Waals surface area contributed by atoms with Crippen LogP contribution in [0.25, 0.3) is 0 Å². The first kappa shape index (κ1) is 19.1. The van der Waals surface area contributed by atoms with Gasteiger partial charge in [-0.15, -0.1) is 0 Å². The molecule has 1 fully saturated rings. The van der Waals surface area contributed by atoms with E-state index in [1.807, 2.05) is 60.7 Å². The number of ether oxygens (including phenoxy) is 2. The first-order valence-electron chi connectivity index (χ1n) is 9.32. The number of hydrogen-bond donors (Lipinski definition) is 0. The summed E-state index contributed by atoms with van der Waals surface area (Å²) in [7, 11) is 0. The second-order valence-electron chi connectivity index (χ2n) is 6.68. The molecular weight excluding hydrogens is 342 g/mol. The summed E-state index contributed by atoms with van der Waals surface area (Å²) in [5, 5.41) is 0. The molecule has 0 bridgehead atoms. The molecule has 142 valence electrons. The van der Waals surface area contributed by atoms with Crippen molar-refractivity contribution in [3.63, 3.8) is 0 Å². The van der Waals surface area contributed by atoms with Crippen LogP contribution in [-0.2, 0) is 32.1 Å². The Bertz CT molecular complexity index is 726. The molecular formula is C22H25NO4. The van der Waals surface area contributed by atoms with E-state index >= 15 is 0 Å². The first-order chi connectivity index (χ1) is 13.2. The number of nitrogens with zero attached hydrogens (tertiary/aromatic N) is 1. The van der Waals surface area contributed by atoms with E-state index in [1.165, 1.54) is 0 Å². The van der Waals surface area contributed by atoms with Gasteiger partial charge in [0.1, 0.15) is 6.61 Å². The Kier molecular flexibility index (Phi) is 6.99. The highest BCUT2D eigenvalue weighted by atomic mass is 16.5. The summed E-state index contributed by atoms with van der Waals surface area (Å²) >= 11 is 0. The molecule has 3 rings (SSSR count). The Morgan fingerprint density at radius 2 is 1.52 bits per heavy atom. The molecule has 5 heteroatoms. The maximum atomic E-state index is 12.7. The predicted octanol–water partition coefficient (Wildman–Crippen LogP) is 2.84. The molecule has 1 aliphatic rings. The van der Waals surface area contributed by atoms with Crippen LogP contribution in [0.3, 0.4) is 0 Å². The maximum absolute atomic E-state index is 12.7. The molecule has 0 unspecified atom stereocenters. The van der Waals surface area contributed by atoms with Crippen LogP contribution in [0, 0.1) is 5.92 Å². The van der Waals surface area contributed by atoms with Gasteiger partial charge < -0.3 is 14.4 Å². The fourth-order valence-electron chi connectivity index (χ4n) is 3.14. The summed E-state index contributed by atoms with van der Waals surface area (Å²) < 4.78 is 10.8. The second-order valence-corrected chi connectivity index (χ2v) is 6.68. The molecule has 1 atom stereocenters. The molecule has 0 radical (unpaired) electrons. The minimum absolute atomic E-state index is 0.0177. The Balaban J connectivity index is 1.64. The molecule has 1 saturated heterocycles. The van der Waals surface area contributed by atoms with Crippen LogP contribution in [0.15, 0.2) is 60.7 Å². The van der Waals surface area contributed by atoms with Crippen LogP contribution >= 0.6 is 0 Å². The lowest BCUT2D eigenvalue weighted by atomic mass is 9.95. The van der Waals surface area contributed by atoms with Crippen LogP contribution in [-0.4, -0.2) is 43.1 Å². The van der Waals surface area contributed by atoms with Crippen molar-refractivity contribution in [3.05, 3.63) is 71.8 Å². The highest BCUT2D eigenvalue weighted by Gasteiger charge is 2.27. The van der Waals surface area contributed by atoms with Gasteiger partial charge in [-0.1, -0.05) is 60.7 Å². The summed E-state index contributed by atoms with van der Waals surface area (Å²) in [6, 6.07) is 19.3. The van der Waals surface area contributed by atoms with E-state index in [9.17, 15) is 9.59 Å². The van der Waals surface area contributed by atoms with Gasteiger partial charge in [-0.25, -0.2) is 0 Å². The number of carbonyl (C=O) groups excluding carboxylic acids is 2. The Hall–Kier alpha value is -2.66. The van der Waals surface area contributed by atoms with Crippen LogP contribution in [0.1, 0.15) is 17.5 Å². The molecule has 1 heterocycles. The van der Waals surface area contributed by atoms with Crippen molar-refractivity contribution < 1.29 is 19.1 Å². The Labute approximate surface area is 159 Å². The highest BCUT2D eigenvalue weighted by Crippen LogP contribution is 2.17. The van der Waals surface area contributed by atoms with Crippen molar-refractivity contribution in [1.82, 2.24) is 4.90 Å². The van der Waals surface area contributed by atoms with Crippen LogP contribution in [0.2, 0.25) is 0 Å². The van der Waals surface area contributed by atoms with Crippen LogP contribution < -0.4 is 0 Å². The fraction of sp³-hybridized carbons (Fsp3) is 0.364. The number of morpholine rings is 1. The van der Waals surface area contributed by atoms with Crippen molar-refractivity contribution >= 4 is 11.9 Å². The maximum Gasteiger partial charge on any atom is 0.310 e. The number of benzene rings is 2. The highest BCUT2D eigenvalue weighted by molar-refractivity contribution is 5.83. The molecule has 27 heavy (non-hydrogen) atoms. The molecule has 0 aromatic heterocycles. The molecule has 5 nitrogen and oxygen atoms in total. The lowest BCUT2D eigenvalue weighted by molar-refractivity contribution is -0.153. The number of carbonyl (C=O) groups is 2. The zero-order valence-corrected chi connectivity index (χ0v) is 15.4. The predicted molar refractivity (Wildman–Crippen MR) is 102 cm³/mol. The van der Waals surface area contributed by atoms with Crippen molar-refractivity contribution in [2.45, 2.75) is 19.4 Å². The molecule has 0 saturated carbocycles. The molecule has 0 aliphatic carbocycles. The summed E-state index contributed by atoms with van der Waals surface area (Å²) in [6.07, 6.45) is 0.646. The topological polar surface area (TPSA) is 55.8 Å². The Morgan fingerprint density at radius 1 is 0.926 bits per heavy atom. The van der Waals surface area contributed by atoms with Gasteiger partial charge in [-0.2, -0.15) is 0 Å². The lowest BCUT2D eigenvalue weighted by Gasteiger charge is -2.28. The van der Waals surface area contributed by atoms with Gasteiger partial charge in [0.2, 0.25) is 5.91 Å². The minimum atomic E-state index is -0.494. The van der Waals surface area contributed by atoms with Gasteiger partial charge in [0.05, 0.1) is 19.1 Å². The number of rotatable bonds is 7. The summed E-state index contributed by atoms with van der Waals surface area (Å²) in [6.45, 7) is 2.48. The third-order valence-corrected chi connectivity index (χ3v) is 4.67. The quantitative estimate of drug-likeness (QED) is 0.706. The number of hydrogen-bond acceptors (Lipinski definition) is 4.